The third kappa shape index (κ3) is 5.75. The van der Waals surface area contributed by atoms with Crippen molar-refractivity contribution in [1.29, 1.82) is 0 Å². The molecule has 0 radical (unpaired) electrons. The second-order valence-electron chi connectivity index (χ2n) is 26.2. The Labute approximate surface area is 433 Å². The highest BCUT2D eigenvalue weighted by Crippen LogP contribution is 2.55. The van der Waals surface area contributed by atoms with Crippen LogP contribution >= 0.6 is 0 Å². The highest BCUT2D eigenvalue weighted by Gasteiger charge is 2.39. The molecule has 0 spiro atoms. The molecule has 0 amide bonds. The maximum Gasteiger partial charge on any atom is 0.0641 e. The van der Waals surface area contributed by atoms with Gasteiger partial charge in [-0.15, -0.1) is 0 Å². The quantitative estimate of drug-likeness (QED) is 0.164. The Morgan fingerprint density at radius 3 is 1.35 bits per heavy atom. The van der Waals surface area contributed by atoms with Crippen LogP contribution in [0, 0.1) is 0 Å². The Bertz CT molecular complexity index is 4510. The molecule has 4 heteroatoms. The fourth-order valence-corrected chi connectivity index (χ4v) is 13.7. The zero-order valence-electron chi connectivity index (χ0n) is 45.0. The van der Waals surface area contributed by atoms with Crippen LogP contribution in [0.15, 0.2) is 152 Å². The van der Waals surface area contributed by atoms with E-state index >= 15 is 0 Å². The largest absolute Gasteiger partial charge is 0.312 e. The number of rotatable bonds is 2. The molecule has 8 aromatic carbocycles. The molecule has 4 nitrogen and oxygen atoms in total. The minimum absolute atomic E-state index is 0.0305. The van der Waals surface area contributed by atoms with E-state index in [0.29, 0.717) is 0 Å². The Morgan fingerprint density at radius 1 is 0.365 bits per heavy atom. The number of nitrogens with zero attached hydrogens (tertiary/aromatic N) is 4. The van der Waals surface area contributed by atoms with Gasteiger partial charge in [-0.1, -0.05) is 156 Å². The third-order valence-corrected chi connectivity index (χ3v) is 17.6. The molecule has 0 N–H and O–H groups in total. The molecule has 15 rings (SSSR count). The number of allylic oxidation sites excluding steroid dienone is 1. The predicted octanol–water partition coefficient (Wildman–Crippen LogP) is 18.9. The fourth-order valence-electron chi connectivity index (χ4n) is 13.7. The van der Waals surface area contributed by atoms with E-state index in [-0.39, 0.29) is 27.6 Å². The monoisotopic (exact) mass is 961 g/mol. The van der Waals surface area contributed by atoms with E-state index in [1.54, 1.807) is 0 Å². The fraction of sp³-hybridized carbons (Fsp3) is 0.257. The third-order valence-electron chi connectivity index (χ3n) is 17.6. The molecule has 5 aromatic heterocycles. The maximum atomic E-state index is 2.65. The van der Waals surface area contributed by atoms with Crippen molar-refractivity contribution in [2.45, 2.75) is 117 Å². The molecule has 6 heterocycles. The number of hydrogen-bond donors (Lipinski definition) is 0. The SMILES string of the molecule is CC(C)(C)c1ccc2c(c1)c1cc(C(C)(C)C)ccc1n2C1=CCC2c3cc4c(cc3-n3c2c1c1ccccc13)c1ccc(-n2c3ccc(C(C)(C)C)cc3c3cc(C(C)(C)C)ccc32)c2c3ccccc3n4c12. The highest BCUT2D eigenvalue weighted by molar-refractivity contribution is 6.27. The first-order chi connectivity index (χ1) is 35.3. The lowest BCUT2D eigenvalue weighted by Gasteiger charge is -2.23. The summed E-state index contributed by atoms with van der Waals surface area (Å²) in [6, 6.07) is 57.2. The van der Waals surface area contributed by atoms with E-state index in [1.165, 1.54) is 149 Å². The molecule has 0 saturated carbocycles. The second kappa shape index (κ2) is 14.2. The first-order valence-corrected chi connectivity index (χ1v) is 27.0. The summed E-state index contributed by atoms with van der Waals surface area (Å²) in [5, 5.41) is 11.8. The molecular weight excluding hydrogens is 897 g/mol. The summed E-state index contributed by atoms with van der Waals surface area (Å²) in [5.74, 6) is 0.222. The maximum absolute atomic E-state index is 2.65. The van der Waals surface area contributed by atoms with Crippen molar-refractivity contribution in [2.75, 3.05) is 0 Å². The predicted molar refractivity (Wildman–Crippen MR) is 316 cm³/mol. The molecule has 13 aromatic rings. The molecular formula is C70H64N4. The van der Waals surface area contributed by atoms with Gasteiger partial charge in [0.1, 0.15) is 0 Å². The van der Waals surface area contributed by atoms with Gasteiger partial charge in [-0.2, -0.15) is 0 Å². The van der Waals surface area contributed by atoms with Crippen LogP contribution in [-0.4, -0.2) is 18.1 Å². The molecule has 1 unspecified atom stereocenters. The molecule has 0 saturated heterocycles. The lowest BCUT2D eigenvalue weighted by Crippen LogP contribution is -2.11. The summed E-state index contributed by atoms with van der Waals surface area (Å²) in [5.41, 5.74) is 23.8. The van der Waals surface area contributed by atoms with Gasteiger partial charge in [-0.25, -0.2) is 0 Å². The summed E-state index contributed by atoms with van der Waals surface area (Å²) in [6.45, 7) is 27.9. The average molecular weight is 961 g/mol. The van der Waals surface area contributed by atoms with Crippen molar-refractivity contribution in [3.05, 3.63) is 191 Å². The number of hydrogen-bond acceptors (Lipinski definition) is 0. The lowest BCUT2D eigenvalue weighted by atomic mass is 9.85. The molecule has 1 atom stereocenters. The first-order valence-electron chi connectivity index (χ1n) is 27.0. The van der Waals surface area contributed by atoms with E-state index in [1.807, 2.05) is 0 Å². The van der Waals surface area contributed by atoms with Crippen molar-refractivity contribution in [3.63, 3.8) is 0 Å². The highest BCUT2D eigenvalue weighted by atomic mass is 15.1. The van der Waals surface area contributed by atoms with Gasteiger partial charge in [0.25, 0.3) is 0 Å². The minimum atomic E-state index is 0.0305. The molecule has 2 aliphatic rings. The van der Waals surface area contributed by atoms with Gasteiger partial charge in [0.15, 0.2) is 0 Å². The van der Waals surface area contributed by atoms with Crippen molar-refractivity contribution >= 4 is 98.3 Å². The summed E-state index contributed by atoms with van der Waals surface area (Å²) >= 11 is 0. The van der Waals surface area contributed by atoms with Gasteiger partial charge in [0.2, 0.25) is 0 Å². The minimum Gasteiger partial charge on any atom is -0.312 e. The second-order valence-corrected chi connectivity index (χ2v) is 26.2. The summed E-state index contributed by atoms with van der Waals surface area (Å²) in [6.07, 6.45) is 3.50. The van der Waals surface area contributed by atoms with Gasteiger partial charge in [0, 0.05) is 65.7 Å². The van der Waals surface area contributed by atoms with Gasteiger partial charge in [-0.3, -0.25) is 0 Å². The van der Waals surface area contributed by atoms with Crippen LogP contribution in [0.25, 0.3) is 110 Å². The zero-order valence-corrected chi connectivity index (χ0v) is 45.0. The van der Waals surface area contributed by atoms with E-state index in [9.17, 15) is 0 Å². The van der Waals surface area contributed by atoms with E-state index in [0.717, 1.165) is 6.42 Å². The lowest BCUT2D eigenvalue weighted by molar-refractivity contribution is 0.590. The van der Waals surface area contributed by atoms with Gasteiger partial charge in [-0.05, 0) is 135 Å². The van der Waals surface area contributed by atoms with Crippen molar-refractivity contribution < 1.29 is 0 Å². The van der Waals surface area contributed by atoms with Crippen molar-refractivity contribution in [2.24, 2.45) is 0 Å². The molecule has 74 heavy (non-hydrogen) atoms. The molecule has 364 valence electrons. The average Bonchev–Trinajstić information content (AvgIpc) is 4.21. The van der Waals surface area contributed by atoms with Crippen molar-refractivity contribution in [3.8, 4) is 11.4 Å². The van der Waals surface area contributed by atoms with Crippen LogP contribution in [0.5, 0.6) is 0 Å². The molecule has 1 aliphatic carbocycles. The standard InChI is InChI=1S/C70H64N4/c1-67(2,3)39-21-27-55-47(33-39)48-34-40(68(4,5)6)22-28-56(48)71(55)59-31-25-43-51-37-62-52(38-61(51)73-53-19-15-13-17-45(53)63(59)65(43)73)44-26-32-60(64-46-18-14-16-20-54(46)74(62)66(44)64)72-57-29-23-41(69(7,8)9)35-49(57)50-36-42(70(10,11)12)24-30-58(50)72/h13-25,27-38,44H,26H2,1-12H3. The Hall–Kier alpha value is -7.56. The molecule has 1 aliphatic heterocycles. The summed E-state index contributed by atoms with van der Waals surface area (Å²) < 4.78 is 10.4. The smallest absolute Gasteiger partial charge is 0.0641 e. The first kappa shape index (κ1) is 44.0. The van der Waals surface area contributed by atoms with E-state index in [2.05, 4.69) is 253 Å². The Kier molecular flexibility index (Phi) is 8.43. The zero-order chi connectivity index (χ0) is 50.9. The van der Waals surface area contributed by atoms with Crippen molar-refractivity contribution in [1.82, 2.24) is 18.1 Å². The van der Waals surface area contributed by atoms with Crippen LogP contribution in [0.3, 0.4) is 0 Å². The Balaban J connectivity index is 0.972. The summed E-state index contributed by atoms with van der Waals surface area (Å²) in [7, 11) is 0. The van der Waals surface area contributed by atoms with Gasteiger partial charge in [0.05, 0.1) is 61.2 Å². The topological polar surface area (TPSA) is 19.2 Å². The van der Waals surface area contributed by atoms with Crippen LogP contribution in [0.1, 0.15) is 134 Å². The van der Waals surface area contributed by atoms with Crippen LogP contribution in [0.2, 0.25) is 0 Å². The van der Waals surface area contributed by atoms with Crippen LogP contribution in [-0.2, 0) is 21.7 Å². The number of fused-ring (bicyclic) bond motifs is 18. The molecule has 0 fully saturated rings. The van der Waals surface area contributed by atoms with Gasteiger partial charge < -0.3 is 18.1 Å². The van der Waals surface area contributed by atoms with Gasteiger partial charge >= 0.3 is 0 Å². The molecule has 0 bridgehead atoms. The number of benzene rings is 8. The summed E-state index contributed by atoms with van der Waals surface area (Å²) in [4.78, 5) is 0. The van der Waals surface area contributed by atoms with Crippen LogP contribution < -0.4 is 0 Å². The Morgan fingerprint density at radius 2 is 0.824 bits per heavy atom. The number of aromatic nitrogens is 4. The van der Waals surface area contributed by atoms with Crippen LogP contribution in [0.4, 0.5) is 0 Å². The van der Waals surface area contributed by atoms with E-state index < -0.39 is 0 Å². The normalized spacial score (nSPS) is 15.5. The van der Waals surface area contributed by atoms with E-state index in [4.69, 9.17) is 0 Å². The number of para-hydroxylation sites is 2.